The molecule has 0 radical (unpaired) electrons. The van der Waals surface area contributed by atoms with Crippen LogP contribution in [0.5, 0.6) is 11.5 Å². The molecule has 3 rings (SSSR count). The van der Waals surface area contributed by atoms with Crippen LogP contribution in [0.1, 0.15) is 13.8 Å². The Balaban J connectivity index is 1.61. The van der Waals surface area contributed by atoms with Gasteiger partial charge in [0.1, 0.15) is 11.5 Å². The van der Waals surface area contributed by atoms with Crippen LogP contribution >= 0.6 is 11.6 Å². The molecule has 1 unspecified atom stereocenters. The molecule has 1 amide bonds. The molecule has 156 valence electrons. The third-order valence-corrected chi connectivity index (χ3v) is 5.40. The van der Waals surface area contributed by atoms with Crippen molar-refractivity contribution >= 4 is 28.9 Å². The molecule has 0 aromatic heterocycles. The van der Waals surface area contributed by atoms with E-state index in [1.54, 1.807) is 25.3 Å². The monoisotopic (exact) mass is 417 g/mol. The highest BCUT2D eigenvalue weighted by molar-refractivity contribution is 6.31. The van der Waals surface area contributed by atoms with Crippen LogP contribution < -0.4 is 19.7 Å². The number of nitrogens with zero attached hydrogens (tertiary/aromatic N) is 2. The number of nitrogens with one attached hydrogen (secondary N) is 1. The Hall–Kier alpha value is -2.44. The Morgan fingerprint density at radius 2 is 1.86 bits per heavy atom. The summed E-state index contributed by atoms with van der Waals surface area (Å²) in [6, 6.07) is 13.0. The Bertz CT molecular complexity index is 838. The second kappa shape index (κ2) is 9.85. The fourth-order valence-corrected chi connectivity index (χ4v) is 3.70. The van der Waals surface area contributed by atoms with E-state index in [-0.39, 0.29) is 11.9 Å². The van der Waals surface area contributed by atoms with Crippen molar-refractivity contribution in [1.29, 1.82) is 0 Å². The summed E-state index contributed by atoms with van der Waals surface area (Å²) in [5, 5.41) is 3.50. The number of piperazine rings is 1. The summed E-state index contributed by atoms with van der Waals surface area (Å²) in [6.45, 7) is 7.81. The topological polar surface area (TPSA) is 54.0 Å². The number of hydrogen-bond acceptors (Lipinski definition) is 5. The van der Waals surface area contributed by atoms with Gasteiger partial charge in [0.05, 0.1) is 31.1 Å². The zero-order valence-corrected chi connectivity index (χ0v) is 17.9. The molecule has 6 nitrogen and oxygen atoms in total. The Morgan fingerprint density at radius 3 is 2.55 bits per heavy atom. The smallest absolute Gasteiger partial charge is 0.241 e. The molecule has 1 aliphatic rings. The quantitative estimate of drug-likeness (QED) is 0.740. The molecule has 2 aromatic rings. The first-order chi connectivity index (χ1) is 14.0. The van der Waals surface area contributed by atoms with E-state index in [4.69, 9.17) is 21.1 Å². The lowest BCUT2D eigenvalue weighted by Crippen LogP contribution is -2.52. The second-order valence-corrected chi connectivity index (χ2v) is 7.37. The largest absolute Gasteiger partial charge is 0.495 e. The summed E-state index contributed by atoms with van der Waals surface area (Å²) in [4.78, 5) is 17.3. The Kier molecular flexibility index (Phi) is 7.23. The number of halogens is 1. The number of carbonyl (C=O) groups excluding carboxylic acids is 1. The van der Waals surface area contributed by atoms with Gasteiger partial charge < -0.3 is 19.7 Å². The van der Waals surface area contributed by atoms with Gasteiger partial charge in [0, 0.05) is 31.2 Å². The first kappa shape index (κ1) is 21.3. The van der Waals surface area contributed by atoms with E-state index in [0.29, 0.717) is 23.1 Å². The number of para-hydroxylation sites is 2. The van der Waals surface area contributed by atoms with Crippen molar-refractivity contribution in [2.75, 3.05) is 50.1 Å². The van der Waals surface area contributed by atoms with Gasteiger partial charge >= 0.3 is 0 Å². The van der Waals surface area contributed by atoms with E-state index in [1.165, 1.54) is 0 Å². The average molecular weight is 418 g/mol. The maximum absolute atomic E-state index is 12.8. The first-order valence-corrected chi connectivity index (χ1v) is 10.3. The number of hydrogen-bond donors (Lipinski definition) is 1. The second-order valence-electron chi connectivity index (χ2n) is 6.93. The molecule has 1 atom stereocenters. The lowest BCUT2D eigenvalue weighted by Gasteiger charge is -2.39. The van der Waals surface area contributed by atoms with Crippen molar-refractivity contribution in [3.63, 3.8) is 0 Å². The van der Waals surface area contributed by atoms with Gasteiger partial charge in [-0.05, 0) is 44.2 Å². The highest BCUT2D eigenvalue weighted by atomic mass is 35.5. The van der Waals surface area contributed by atoms with Crippen LogP contribution in [-0.4, -0.2) is 56.7 Å². The van der Waals surface area contributed by atoms with Gasteiger partial charge in [-0.1, -0.05) is 23.7 Å². The number of anilines is 2. The van der Waals surface area contributed by atoms with Gasteiger partial charge in [-0.2, -0.15) is 0 Å². The van der Waals surface area contributed by atoms with Crippen molar-refractivity contribution in [3.05, 3.63) is 47.5 Å². The summed E-state index contributed by atoms with van der Waals surface area (Å²) < 4.78 is 11.1. The molecular weight excluding hydrogens is 390 g/mol. The summed E-state index contributed by atoms with van der Waals surface area (Å²) >= 11 is 6.06. The summed E-state index contributed by atoms with van der Waals surface area (Å²) in [5.41, 5.74) is 1.69. The predicted molar refractivity (Wildman–Crippen MR) is 117 cm³/mol. The SMILES string of the molecule is CCOc1ccccc1N1CCN(C(C)C(=O)Nc2cc(Cl)ccc2OC)CC1. The molecule has 1 saturated heterocycles. The molecule has 1 N–H and O–H groups in total. The van der Waals surface area contributed by atoms with Crippen LogP contribution in [0, 0.1) is 0 Å². The molecule has 1 heterocycles. The minimum absolute atomic E-state index is 0.0752. The first-order valence-electron chi connectivity index (χ1n) is 9.88. The molecule has 1 aliphatic heterocycles. The van der Waals surface area contributed by atoms with Gasteiger partial charge in [0.15, 0.2) is 0 Å². The fourth-order valence-electron chi connectivity index (χ4n) is 3.53. The van der Waals surface area contributed by atoms with Crippen molar-refractivity contribution in [2.45, 2.75) is 19.9 Å². The number of methoxy groups -OCH3 is 1. The van der Waals surface area contributed by atoms with Crippen molar-refractivity contribution in [3.8, 4) is 11.5 Å². The summed E-state index contributed by atoms with van der Waals surface area (Å²) in [6.07, 6.45) is 0. The van der Waals surface area contributed by atoms with Gasteiger partial charge in [-0.25, -0.2) is 0 Å². The minimum Gasteiger partial charge on any atom is -0.495 e. The maximum Gasteiger partial charge on any atom is 0.241 e. The number of rotatable bonds is 7. The number of carbonyl (C=O) groups is 1. The van der Waals surface area contributed by atoms with Gasteiger partial charge in [0.2, 0.25) is 5.91 Å². The minimum atomic E-state index is -0.261. The molecule has 7 heteroatoms. The standard InChI is InChI=1S/C22H28ClN3O3/c1-4-29-21-8-6-5-7-19(21)26-13-11-25(12-14-26)16(2)22(27)24-18-15-17(23)9-10-20(18)28-3/h5-10,15-16H,4,11-14H2,1-3H3,(H,24,27). The summed E-state index contributed by atoms with van der Waals surface area (Å²) in [7, 11) is 1.57. The zero-order chi connectivity index (χ0) is 20.8. The molecule has 0 saturated carbocycles. The molecule has 0 aliphatic carbocycles. The fraction of sp³-hybridized carbons (Fsp3) is 0.409. The molecule has 1 fully saturated rings. The third kappa shape index (κ3) is 5.14. The van der Waals surface area contributed by atoms with Crippen molar-refractivity contribution in [1.82, 2.24) is 4.90 Å². The average Bonchev–Trinajstić information content (AvgIpc) is 2.74. The molecule has 0 bridgehead atoms. The molecule has 0 spiro atoms. The molecule has 29 heavy (non-hydrogen) atoms. The highest BCUT2D eigenvalue weighted by Gasteiger charge is 2.27. The Morgan fingerprint density at radius 1 is 1.14 bits per heavy atom. The van der Waals surface area contributed by atoms with Crippen LogP contribution in [0.4, 0.5) is 11.4 Å². The van der Waals surface area contributed by atoms with Gasteiger partial charge in [-0.15, -0.1) is 0 Å². The Labute approximate surface area is 177 Å². The summed E-state index contributed by atoms with van der Waals surface area (Å²) in [5.74, 6) is 1.42. The van der Waals surface area contributed by atoms with Gasteiger partial charge in [0.25, 0.3) is 0 Å². The third-order valence-electron chi connectivity index (χ3n) is 5.17. The van der Waals surface area contributed by atoms with E-state index in [1.807, 2.05) is 32.0 Å². The van der Waals surface area contributed by atoms with Crippen LogP contribution in [0.15, 0.2) is 42.5 Å². The van der Waals surface area contributed by atoms with E-state index < -0.39 is 0 Å². The van der Waals surface area contributed by atoms with Gasteiger partial charge in [-0.3, -0.25) is 9.69 Å². The van der Waals surface area contributed by atoms with E-state index >= 15 is 0 Å². The van der Waals surface area contributed by atoms with E-state index in [2.05, 4.69) is 21.2 Å². The van der Waals surface area contributed by atoms with Crippen LogP contribution in [0.25, 0.3) is 0 Å². The van der Waals surface area contributed by atoms with Crippen molar-refractivity contribution < 1.29 is 14.3 Å². The van der Waals surface area contributed by atoms with Crippen LogP contribution in [-0.2, 0) is 4.79 Å². The van der Waals surface area contributed by atoms with E-state index in [9.17, 15) is 4.79 Å². The highest BCUT2D eigenvalue weighted by Crippen LogP contribution is 2.30. The lowest BCUT2D eigenvalue weighted by atomic mass is 10.2. The van der Waals surface area contributed by atoms with Crippen LogP contribution in [0.2, 0.25) is 5.02 Å². The molecular formula is C22H28ClN3O3. The normalized spacial score (nSPS) is 15.7. The predicted octanol–water partition coefficient (Wildman–Crippen LogP) is 3.90. The molecule has 2 aromatic carbocycles. The van der Waals surface area contributed by atoms with Crippen molar-refractivity contribution in [2.24, 2.45) is 0 Å². The zero-order valence-electron chi connectivity index (χ0n) is 17.2. The van der Waals surface area contributed by atoms with Crippen LogP contribution in [0.3, 0.4) is 0 Å². The number of benzene rings is 2. The number of amides is 1. The maximum atomic E-state index is 12.8. The van der Waals surface area contributed by atoms with E-state index in [0.717, 1.165) is 37.6 Å². The number of ether oxygens (including phenoxy) is 2. The lowest BCUT2D eigenvalue weighted by molar-refractivity contribution is -0.120.